The Balaban J connectivity index is 2.80. The van der Waals surface area contributed by atoms with Crippen molar-refractivity contribution in [2.45, 2.75) is 13.5 Å². The molecule has 0 saturated heterocycles. The van der Waals surface area contributed by atoms with E-state index in [1.165, 1.54) is 4.88 Å². The summed E-state index contributed by atoms with van der Waals surface area (Å²) in [7, 11) is 0. The van der Waals surface area contributed by atoms with E-state index in [0.29, 0.717) is 6.54 Å². The highest BCUT2D eigenvalue weighted by atomic mass is 79.9. The minimum Gasteiger partial charge on any atom is -0.144 e. The molecule has 0 radical (unpaired) electrons. The van der Waals surface area contributed by atoms with Gasteiger partial charge in [0.15, 0.2) is 0 Å². The van der Waals surface area contributed by atoms with Gasteiger partial charge in [-0.15, -0.1) is 11.3 Å². The lowest BCUT2D eigenvalue weighted by atomic mass is 10.4. The molecule has 1 rings (SSSR count). The fourth-order valence-corrected chi connectivity index (χ4v) is 2.22. The van der Waals surface area contributed by atoms with Gasteiger partial charge in [0.25, 0.3) is 0 Å². The lowest BCUT2D eigenvalue weighted by molar-refractivity contribution is 1.08. The Hall–Kier alpha value is -0.510. The number of nitrogens with zero attached hydrogens (tertiary/aromatic N) is 3. The van der Waals surface area contributed by atoms with E-state index < -0.39 is 0 Å². The van der Waals surface area contributed by atoms with Gasteiger partial charge in [0.1, 0.15) is 0 Å². The number of rotatable bonds is 2. The van der Waals surface area contributed by atoms with E-state index in [4.69, 9.17) is 5.53 Å². The van der Waals surface area contributed by atoms with Crippen molar-refractivity contribution >= 4 is 27.3 Å². The highest BCUT2D eigenvalue weighted by Gasteiger charge is 2.00. The molecule has 0 aromatic carbocycles. The average Bonchev–Trinajstić information content (AvgIpc) is 2.28. The monoisotopic (exact) mass is 231 g/mol. The van der Waals surface area contributed by atoms with Crippen molar-refractivity contribution in [2.24, 2.45) is 5.11 Å². The molecule has 5 heteroatoms. The van der Waals surface area contributed by atoms with E-state index in [2.05, 4.69) is 26.0 Å². The van der Waals surface area contributed by atoms with Gasteiger partial charge in [0.2, 0.25) is 0 Å². The van der Waals surface area contributed by atoms with Crippen LogP contribution in [0, 0.1) is 6.92 Å². The SMILES string of the molecule is Cc1sc(CN=[N+]=[N-])cc1Br. The first-order valence-corrected chi connectivity index (χ1v) is 4.60. The molecule has 0 fully saturated rings. The molecule has 11 heavy (non-hydrogen) atoms. The standard InChI is InChI=1S/C6H6BrN3S/c1-4-6(7)2-5(11-4)3-9-10-8/h2H,3H2,1H3. The quantitative estimate of drug-likeness (QED) is 0.424. The topological polar surface area (TPSA) is 48.8 Å². The number of hydrogen-bond donors (Lipinski definition) is 0. The Bertz CT molecular complexity index is 281. The molecule has 0 aliphatic rings. The molecule has 0 aliphatic heterocycles. The van der Waals surface area contributed by atoms with Crippen LogP contribution in [0.1, 0.15) is 9.75 Å². The van der Waals surface area contributed by atoms with Crippen molar-refractivity contribution in [1.29, 1.82) is 0 Å². The van der Waals surface area contributed by atoms with Gasteiger partial charge in [-0.1, -0.05) is 5.11 Å². The van der Waals surface area contributed by atoms with Crippen molar-refractivity contribution in [3.63, 3.8) is 0 Å². The molecule has 0 N–H and O–H groups in total. The summed E-state index contributed by atoms with van der Waals surface area (Å²) in [5.41, 5.74) is 8.05. The van der Waals surface area contributed by atoms with Gasteiger partial charge < -0.3 is 0 Å². The first-order chi connectivity index (χ1) is 5.24. The number of thiophene rings is 1. The van der Waals surface area contributed by atoms with Crippen LogP contribution >= 0.6 is 27.3 Å². The zero-order chi connectivity index (χ0) is 8.27. The Labute approximate surface area is 76.8 Å². The molecule has 0 bridgehead atoms. The molecule has 0 saturated carbocycles. The molecule has 0 aliphatic carbocycles. The first-order valence-electron chi connectivity index (χ1n) is 2.99. The van der Waals surface area contributed by atoms with Crippen LogP contribution in [0.25, 0.3) is 10.4 Å². The summed E-state index contributed by atoms with van der Waals surface area (Å²) < 4.78 is 1.09. The van der Waals surface area contributed by atoms with Crippen molar-refractivity contribution in [1.82, 2.24) is 0 Å². The van der Waals surface area contributed by atoms with E-state index in [1.54, 1.807) is 11.3 Å². The number of halogens is 1. The van der Waals surface area contributed by atoms with E-state index >= 15 is 0 Å². The van der Waals surface area contributed by atoms with E-state index in [-0.39, 0.29) is 0 Å². The first kappa shape index (κ1) is 8.59. The third kappa shape index (κ3) is 2.22. The third-order valence-electron chi connectivity index (χ3n) is 1.20. The van der Waals surface area contributed by atoms with Crippen LogP contribution in [-0.4, -0.2) is 0 Å². The Morgan fingerprint density at radius 3 is 3.00 bits per heavy atom. The predicted octanol–water partition coefficient (Wildman–Crippen LogP) is 3.63. The third-order valence-corrected chi connectivity index (χ3v) is 3.32. The Morgan fingerprint density at radius 1 is 1.82 bits per heavy atom. The highest BCUT2D eigenvalue weighted by molar-refractivity contribution is 9.10. The van der Waals surface area contributed by atoms with Crippen molar-refractivity contribution in [3.05, 3.63) is 30.7 Å². The molecular formula is C6H6BrN3S. The largest absolute Gasteiger partial charge is 0.144 e. The maximum Gasteiger partial charge on any atom is 0.0605 e. The normalized spacial score (nSPS) is 9.27. The van der Waals surface area contributed by atoms with Gasteiger partial charge in [-0.25, -0.2) is 0 Å². The van der Waals surface area contributed by atoms with Crippen molar-refractivity contribution < 1.29 is 0 Å². The fraction of sp³-hybridized carbons (Fsp3) is 0.333. The maximum atomic E-state index is 8.05. The summed E-state index contributed by atoms with van der Waals surface area (Å²) in [6.07, 6.45) is 0. The van der Waals surface area contributed by atoms with E-state index in [1.807, 2.05) is 13.0 Å². The van der Waals surface area contributed by atoms with Gasteiger partial charge in [0, 0.05) is 19.1 Å². The molecule has 0 spiro atoms. The molecule has 3 nitrogen and oxygen atoms in total. The van der Waals surface area contributed by atoms with Crippen LogP contribution in [0.3, 0.4) is 0 Å². The van der Waals surface area contributed by atoms with Crippen LogP contribution in [-0.2, 0) is 6.54 Å². The molecule has 1 aromatic rings. The molecule has 0 amide bonds. The zero-order valence-corrected chi connectivity index (χ0v) is 8.31. The molecular weight excluding hydrogens is 226 g/mol. The average molecular weight is 232 g/mol. The Kier molecular flexibility index (Phi) is 2.93. The lowest BCUT2D eigenvalue weighted by Gasteiger charge is -1.81. The van der Waals surface area contributed by atoms with Gasteiger partial charge in [-0.3, -0.25) is 0 Å². The predicted molar refractivity (Wildman–Crippen MR) is 49.6 cm³/mol. The smallest absolute Gasteiger partial charge is 0.0605 e. The number of hydrogen-bond acceptors (Lipinski definition) is 2. The van der Waals surface area contributed by atoms with Crippen LogP contribution in [0.4, 0.5) is 0 Å². The Morgan fingerprint density at radius 2 is 2.55 bits per heavy atom. The summed E-state index contributed by atoms with van der Waals surface area (Å²) in [5.74, 6) is 0. The van der Waals surface area contributed by atoms with Gasteiger partial charge in [-0.2, -0.15) is 0 Å². The summed E-state index contributed by atoms with van der Waals surface area (Å²) in [6, 6.07) is 1.98. The van der Waals surface area contributed by atoms with Gasteiger partial charge in [-0.05, 0) is 34.5 Å². The molecule has 0 atom stereocenters. The maximum absolute atomic E-state index is 8.05. The van der Waals surface area contributed by atoms with E-state index in [9.17, 15) is 0 Å². The van der Waals surface area contributed by atoms with Crippen molar-refractivity contribution in [3.8, 4) is 0 Å². The minimum absolute atomic E-state index is 0.452. The second-order valence-corrected chi connectivity index (χ2v) is 4.20. The summed E-state index contributed by atoms with van der Waals surface area (Å²) in [5, 5.41) is 3.47. The minimum atomic E-state index is 0.452. The molecule has 0 unspecified atom stereocenters. The second kappa shape index (κ2) is 3.76. The lowest BCUT2D eigenvalue weighted by Crippen LogP contribution is -1.67. The molecule has 58 valence electrons. The van der Waals surface area contributed by atoms with Gasteiger partial charge >= 0.3 is 0 Å². The number of azide groups is 1. The van der Waals surface area contributed by atoms with E-state index in [0.717, 1.165) is 9.35 Å². The van der Waals surface area contributed by atoms with Crippen LogP contribution < -0.4 is 0 Å². The van der Waals surface area contributed by atoms with Gasteiger partial charge in [0.05, 0.1) is 6.54 Å². The summed E-state index contributed by atoms with van der Waals surface area (Å²) >= 11 is 5.03. The zero-order valence-electron chi connectivity index (χ0n) is 5.91. The number of aryl methyl sites for hydroxylation is 1. The van der Waals surface area contributed by atoms with Crippen LogP contribution in [0.2, 0.25) is 0 Å². The fourth-order valence-electron chi connectivity index (χ4n) is 0.697. The van der Waals surface area contributed by atoms with Crippen LogP contribution in [0.5, 0.6) is 0 Å². The summed E-state index contributed by atoms with van der Waals surface area (Å²) in [6.45, 7) is 2.47. The summed E-state index contributed by atoms with van der Waals surface area (Å²) in [4.78, 5) is 4.99. The second-order valence-electron chi connectivity index (χ2n) is 2.01. The molecule has 1 aromatic heterocycles. The highest BCUT2D eigenvalue weighted by Crippen LogP contribution is 2.26. The van der Waals surface area contributed by atoms with Crippen molar-refractivity contribution in [2.75, 3.05) is 0 Å². The molecule has 1 heterocycles. The van der Waals surface area contributed by atoms with Crippen LogP contribution in [0.15, 0.2) is 15.7 Å².